The van der Waals surface area contributed by atoms with Gasteiger partial charge in [0.1, 0.15) is 0 Å². The van der Waals surface area contributed by atoms with Gasteiger partial charge in [0.2, 0.25) is 0 Å². The molecule has 0 aliphatic rings. The molecule has 0 amide bonds. The van der Waals surface area contributed by atoms with Gasteiger partial charge in [0.05, 0.1) is 13.7 Å². The van der Waals surface area contributed by atoms with Crippen LogP contribution in [0.1, 0.15) is 30.0 Å². The lowest BCUT2D eigenvalue weighted by atomic mass is 10.1. The fraction of sp³-hybridized carbons (Fsp3) is 0.368. The minimum absolute atomic E-state index is 0.631. The molecule has 0 unspecified atom stereocenters. The molecule has 0 aliphatic carbocycles. The maximum atomic E-state index is 6.38. The summed E-state index contributed by atoms with van der Waals surface area (Å²) in [5.41, 5.74) is 4.61. The first-order chi connectivity index (χ1) is 11.0. The maximum Gasteiger partial charge on any atom is 0.162 e. The summed E-state index contributed by atoms with van der Waals surface area (Å²) in [7, 11) is 1.64. The van der Waals surface area contributed by atoms with E-state index in [1.807, 2.05) is 12.1 Å². The van der Waals surface area contributed by atoms with Crippen LogP contribution in [0.15, 0.2) is 30.3 Å². The lowest BCUT2D eigenvalue weighted by Gasteiger charge is -2.14. The summed E-state index contributed by atoms with van der Waals surface area (Å²) < 4.78 is 11.1. The Kier molecular flexibility index (Phi) is 6.17. The summed E-state index contributed by atoms with van der Waals surface area (Å²) in [6.07, 6.45) is 0.941. The molecule has 2 aromatic rings. The topological polar surface area (TPSA) is 30.5 Å². The van der Waals surface area contributed by atoms with E-state index in [9.17, 15) is 0 Å². The van der Waals surface area contributed by atoms with Crippen LogP contribution in [0.5, 0.6) is 11.5 Å². The predicted molar refractivity (Wildman–Crippen MR) is 97.0 cm³/mol. The van der Waals surface area contributed by atoms with Gasteiger partial charge in [-0.1, -0.05) is 24.6 Å². The molecule has 4 heteroatoms. The van der Waals surface area contributed by atoms with Crippen LogP contribution in [0.2, 0.25) is 5.02 Å². The molecule has 23 heavy (non-hydrogen) atoms. The van der Waals surface area contributed by atoms with Gasteiger partial charge in [-0.05, 0) is 55.2 Å². The maximum absolute atomic E-state index is 6.38. The highest BCUT2D eigenvalue weighted by Gasteiger charge is 2.10. The molecule has 1 N–H and O–H groups in total. The zero-order valence-electron chi connectivity index (χ0n) is 14.2. The van der Waals surface area contributed by atoms with E-state index < -0.39 is 0 Å². The molecule has 2 aromatic carbocycles. The average molecular weight is 334 g/mol. The van der Waals surface area contributed by atoms with Crippen LogP contribution in [0, 0.1) is 13.8 Å². The molecule has 0 atom stereocenters. The van der Waals surface area contributed by atoms with Gasteiger partial charge in [-0.2, -0.15) is 0 Å². The Morgan fingerprint density at radius 2 is 1.83 bits per heavy atom. The van der Waals surface area contributed by atoms with Crippen LogP contribution in [0.4, 0.5) is 5.69 Å². The Hall–Kier alpha value is -1.87. The van der Waals surface area contributed by atoms with Crippen molar-refractivity contribution < 1.29 is 9.47 Å². The number of rotatable bonds is 7. The Bertz CT molecular complexity index is 671. The highest BCUT2D eigenvalue weighted by atomic mass is 35.5. The van der Waals surface area contributed by atoms with Crippen molar-refractivity contribution in [1.82, 2.24) is 0 Å². The first-order valence-corrected chi connectivity index (χ1v) is 8.23. The van der Waals surface area contributed by atoms with Crippen molar-refractivity contribution in [3.8, 4) is 11.5 Å². The molecule has 0 bridgehead atoms. The minimum atomic E-state index is 0.631. The van der Waals surface area contributed by atoms with Crippen molar-refractivity contribution in [2.24, 2.45) is 0 Å². The third-order valence-electron chi connectivity index (χ3n) is 3.78. The van der Waals surface area contributed by atoms with Gasteiger partial charge in [0.25, 0.3) is 0 Å². The second-order valence-electron chi connectivity index (χ2n) is 5.60. The Balaban J connectivity index is 2.14. The van der Waals surface area contributed by atoms with Crippen LogP contribution in [0.25, 0.3) is 0 Å². The summed E-state index contributed by atoms with van der Waals surface area (Å²) in [5.74, 6) is 1.40. The number of ether oxygens (including phenoxy) is 2. The number of nitrogens with one attached hydrogen (secondary N) is 1. The van der Waals surface area contributed by atoms with Crippen LogP contribution >= 0.6 is 11.6 Å². The third kappa shape index (κ3) is 4.55. The van der Waals surface area contributed by atoms with E-state index in [1.54, 1.807) is 7.11 Å². The molecule has 3 nitrogen and oxygen atoms in total. The van der Waals surface area contributed by atoms with Crippen molar-refractivity contribution in [2.75, 3.05) is 19.0 Å². The lowest BCUT2D eigenvalue weighted by Crippen LogP contribution is -2.03. The van der Waals surface area contributed by atoms with Gasteiger partial charge in [-0.25, -0.2) is 0 Å². The van der Waals surface area contributed by atoms with E-state index in [0.29, 0.717) is 29.7 Å². The molecule has 0 saturated carbocycles. The zero-order chi connectivity index (χ0) is 16.8. The summed E-state index contributed by atoms with van der Waals surface area (Å²) in [5, 5.41) is 4.08. The molecular formula is C19H24ClNO2. The molecule has 0 heterocycles. The van der Waals surface area contributed by atoms with Crippen molar-refractivity contribution in [1.29, 1.82) is 0 Å². The molecule has 0 aliphatic heterocycles. The van der Waals surface area contributed by atoms with E-state index in [0.717, 1.165) is 17.7 Å². The molecule has 124 valence electrons. The van der Waals surface area contributed by atoms with Gasteiger partial charge in [0, 0.05) is 23.3 Å². The number of halogens is 1. The first-order valence-electron chi connectivity index (χ1n) is 7.85. The largest absolute Gasteiger partial charge is 0.493 e. The van der Waals surface area contributed by atoms with Gasteiger partial charge in [-0.3, -0.25) is 0 Å². The molecule has 0 fully saturated rings. The van der Waals surface area contributed by atoms with E-state index in [1.165, 1.54) is 11.1 Å². The van der Waals surface area contributed by atoms with Crippen LogP contribution in [0.3, 0.4) is 0 Å². The number of benzene rings is 2. The van der Waals surface area contributed by atoms with E-state index in [2.05, 4.69) is 44.3 Å². The average Bonchev–Trinajstić information content (AvgIpc) is 2.55. The molecule has 2 rings (SSSR count). The number of aryl methyl sites for hydroxylation is 2. The summed E-state index contributed by atoms with van der Waals surface area (Å²) >= 11 is 6.38. The van der Waals surface area contributed by atoms with Crippen molar-refractivity contribution >= 4 is 17.3 Å². The Morgan fingerprint density at radius 1 is 1.04 bits per heavy atom. The molecule has 0 aromatic heterocycles. The summed E-state index contributed by atoms with van der Waals surface area (Å²) in [6.45, 7) is 7.56. The predicted octanol–water partition coefficient (Wildman–Crippen LogP) is 5.37. The Morgan fingerprint density at radius 3 is 2.48 bits per heavy atom. The van der Waals surface area contributed by atoms with E-state index in [-0.39, 0.29) is 0 Å². The standard InChI is InChI=1S/C19H24ClNO2/c1-5-8-23-19-11-17(20)15(10-18(19)22-4)12-21-16-7-6-13(2)14(3)9-16/h6-7,9-11,21H,5,8,12H2,1-4H3. The molecule has 0 radical (unpaired) electrons. The van der Waals surface area contributed by atoms with Gasteiger partial charge in [-0.15, -0.1) is 0 Å². The van der Waals surface area contributed by atoms with Crippen molar-refractivity contribution in [3.05, 3.63) is 52.0 Å². The number of methoxy groups -OCH3 is 1. The van der Waals surface area contributed by atoms with Gasteiger partial charge in [0.15, 0.2) is 11.5 Å². The fourth-order valence-corrected chi connectivity index (χ4v) is 2.47. The third-order valence-corrected chi connectivity index (χ3v) is 4.14. The van der Waals surface area contributed by atoms with Crippen molar-refractivity contribution in [2.45, 2.75) is 33.7 Å². The number of hydrogen-bond donors (Lipinski definition) is 1. The molecular weight excluding hydrogens is 310 g/mol. The first kappa shape index (κ1) is 17.5. The quantitative estimate of drug-likeness (QED) is 0.739. The van der Waals surface area contributed by atoms with Crippen LogP contribution < -0.4 is 14.8 Å². The van der Waals surface area contributed by atoms with E-state index >= 15 is 0 Å². The minimum Gasteiger partial charge on any atom is -0.493 e. The van der Waals surface area contributed by atoms with Crippen molar-refractivity contribution in [3.63, 3.8) is 0 Å². The highest BCUT2D eigenvalue weighted by Crippen LogP contribution is 2.34. The normalized spacial score (nSPS) is 10.5. The molecule has 0 saturated heterocycles. The van der Waals surface area contributed by atoms with Crippen LogP contribution in [-0.2, 0) is 6.54 Å². The van der Waals surface area contributed by atoms with E-state index in [4.69, 9.17) is 21.1 Å². The van der Waals surface area contributed by atoms with Crippen LogP contribution in [-0.4, -0.2) is 13.7 Å². The highest BCUT2D eigenvalue weighted by molar-refractivity contribution is 6.31. The summed E-state index contributed by atoms with van der Waals surface area (Å²) in [6, 6.07) is 10.1. The molecule has 0 spiro atoms. The smallest absolute Gasteiger partial charge is 0.162 e. The number of hydrogen-bond acceptors (Lipinski definition) is 3. The van der Waals surface area contributed by atoms with Gasteiger partial charge >= 0.3 is 0 Å². The van der Waals surface area contributed by atoms with Gasteiger partial charge < -0.3 is 14.8 Å². The zero-order valence-corrected chi connectivity index (χ0v) is 15.0. The lowest BCUT2D eigenvalue weighted by molar-refractivity contribution is 0.294. The fourth-order valence-electron chi connectivity index (χ4n) is 2.25. The number of anilines is 1. The SMILES string of the molecule is CCCOc1cc(Cl)c(CNc2ccc(C)c(C)c2)cc1OC. The monoisotopic (exact) mass is 333 g/mol. The second-order valence-corrected chi connectivity index (χ2v) is 6.00. The second kappa shape index (κ2) is 8.11. The Labute approximate surface area is 143 Å². The summed E-state index contributed by atoms with van der Waals surface area (Å²) in [4.78, 5) is 0.